The Morgan fingerprint density at radius 1 is 0.870 bits per heavy atom. The summed E-state index contributed by atoms with van der Waals surface area (Å²) >= 11 is -4.35. The molecule has 23 heavy (non-hydrogen) atoms. The molecule has 0 saturated heterocycles. The summed E-state index contributed by atoms with van der Waals surface area (Å²) in [6, 6.07) is 0. The van der Waals surface area contributed by atoms with E-state index >= 15 is 0 Å². The van der Waals surface area contributed by atoms with E-state index in [4.69, 9.17) is 6.64 Å². The van der Waals surface area contributed by atoms with Crippen LogP contribution in [0, 0.1) is 0 Å². The van der Waals surface area contributed by atoms with Gasteiger partial charge in [0.2, 0.25) is 0 Å². The van der Waals surface area contributed by atoms with Gasteiger partial charge in [0, 0.05) is 0 Å². The first-order valence-electron chi connectivity index (χ1n) is 8.96. The summed E-state index contributed by atoms with van der Waals surface area (Å²) in [4.78, 5) is 0. The zero-order valence-electron chi connectivity index (χ0n) is 17.2. The van der Waals surface area contributed by atoms with Crippen LogP contribution in [0.3, 0.4) is 0 Å². The molecule has 2 unspecified atom stereocenters. The first kappa shape index (κ1) is 23.3. The van der Waals surface area contributed by atoms with Crippen molar-refractivity contribution in [3.63, 3.8) is 0 Å². The third kappa shape index (κ3) is 7.81. The van der Waals surface area contributed by atoms with Crippen LogP contribution in [0.5, 0.6) is 0 Å². The molecule has 2 N–H and O–H groups in total. The van der Waals surface area contributed by atoms with Gasteiger partial charge in [0.1, 0.15) is 0 Å². The van der Waals surface area contributed by atoms with Gasteiger partial charge in [0.05, 0.1) is 0 Å². The molecule has 0 aromatic carbocycles. The molecular formula is C18H41N2O2Ti. The van der Waals surface area contributed by atoms with Crippen LogP contribution < -0.4 is 7.60 Å². The predicted octanol–water partition coefficient (Wildman–Crippen LogP) is 4.89. The van der Waals surface area contributed by atoms with Crippen molar-refractivity contribution in [1.29, 1.82) is 0 Å². The normalized spacial score (nSPS) is 18.1. The van der Waals surface area contributed by atoms with E-state index < -0.39 is 16.6 Å². The van der Waals surface area contributed by atoms with Crippen LogP contribution >= 0.6 is 0 Å². The quantitative estimate of drug-likeness (QED) is 0.571. The van der Waals surface area contributed by atoms with Gasteiger partial charge in [-0.15, -0.1) is 0 Å². The molecule has 5 heteroatoms. The van der Waals surface area contributed by atoms with Gasteiger partial charge in [-0.05, 0) is 0 Å². The molecule has 0 aromatic rings. The molecule has 0 fully saturated rings. The van der Waals surface area contributed by atoms with E-state index in [9.17, 15) is 0 Å². The van der Waals surface area contributed by atoms with Gasteiger partial charge in [-0.1, -0.05) is 0 Å². The summed E-state index contributed by atoms with van der Waals surface area (Å²) < 4.78 is 22.8. The van der Waals surface area contributed by atoms with Crippen LogP contribution in [0.25, 0.3) is 0 Å². The average molecular weight is 365 g/mol. The Hall–Kier alpha value is 0.294. The minimum atomic E-state index is -4.35. The van der Waals surface area contributed by atoms with Crippen LogP contribution in [-0.2, 0) is 23.2 Å². The summed E-state index contributed by atoms with van der Waals surface area (Å²) in [7, 11) is 0. The van der Waals surface area contributed by atoms with Crippen LogP contribution in [0.4, 0.5) is 0 Å². The van der Waals surface area contributed by atoms with Crippen molar-refractivity contribution in [2.45, 2.75) is 105 Å². The fraction of sp³-hybridized carbons (Fsp3) is 0.889. The van der Waals surface area contributed by atoms with Crippen molar-refractivity contribution in [2.75, 3.05) is 0 Å². The van der Waals surface area contributed by atoms with E-state index in [1.54, 1.807) is 0 Å². The predicted molar refractivity (Wildman–Crippen MR) is 97.7 cm³/mol. The standard InChI is InChI=1S/2C4H10N.2C4H9O.C2H3.Ti/c2*1-4(2,3)5;2*1-3-4(2)5;1-2;/h2*5H,1-3H3;2*4H,3H2,1-2H3;1H,2H2;/q4*-1;;+4. The Labute approximate surface area is 147 Å². The third-order valence-electron chi connectivity index (χ3n) is 3.61. The second-order valence-corrected chi connectivity index (χ2v) is 14.5. The molecule has 0 spiro atoms. The van der Waals surface area contributed by atoms with E-state index in [1.165, 1.54) is 0 Å². The average Bonchev–Trinajstić information content (AvgIpc) is 2.34. The number of hydrogen-bond acceptors (Lipinski definition) is 4. The van der Waals surface area contributed by atoms with Crippen molar-refractivity contribution >= 4 is 0 Å². The second-order valence-electron chi connectivity index (χ2n) is 8.77. The fourth-order valence-electron chi connectivity index (χ4n) is 2.76. The van der Waals surface area contributed by atoms with Gasteiger partial charge in [-0.2, -0.15) is 0 Å². The number of rotatable bonds is 9. The molecule has 0 aliphatic heterocycles. The van der Waals surface area contributed by atoms with E-state index in [2.05, 4.69) is 83.4 Å². The molecule has 0 saturated carbocycles. The Morgan fingerprint density at radius 3 is 1.35 bits per heavy atom. The van der Waals surface area contributed by atoms with Gasteiger partial charge in [0.15, 0.2) is 0 Å². The Balaban J connectivity index is 6.20. The zero-order chi connectivity index (χ0) is 18.6. The van der Waals surface area contributed by atoms with Gasteiger partial charge in [0.25, 0.3) is 0 Å². The van der Waals surface area contributed by atoms with Gasteiger partial charge in [-0.3, -0.25) is 0 Å². The molecular weight excluding hydrogens is 324 g/mol. The van der Waals surface area contributed by atoms with E-state index in [1.807, 2.05) is 4.38 Å². The van der Waals surface area contributed by atoms with Gasteiger partial charge >= 0.3 is 147 Å². The second kappa shape index (κ2) is 8.12. The van der Waals surface area contributed by atoms with E-state index in [0.29, 0.717) is 0 Å². The van der Waals surface area contributed by atoms with Crippen LogP contribution in [-0.4, -0.2) is 23.3 Å². The SMILES string of the molecule is C=[CH][Ti]([NH]C(C)(C)C)([NH]C(C)(C)C)([O]C(C)CC)[O]C(C)CC. The summed E-state index contributed by atoms with van der Waals surface area (Å²) in [5.41, 5.74) is -0.324. The first-order chi connectivity index (χ1) is 10.2. The van der Waals surface area contributed by atoms with Crippen molar-refractivity contribution in [3.05, 3.63) is 11.0 Å². The van der Waals surface area contributed by atoms with Crippen molar-refractivity contribution in [2.24, 2.45) is 0 Å². The number of hydrogen-bond donors (Lipinski definition) is 2. The summed E-state index contributed by atoms with van der Waals surface area (Å²) in [6.07, 6.45) is 2.01. The Bertz CT molecular complexity index is 353. The van der Waals surface area contributed by atoms with Crippen molar-refractivity contribution in [3.8, 4) is 0 Å². The topological polar surface area (TPSA) is 42.5 Å². The zero-order valence-corrected chi connectivity index (χ0v) is 18.7. The molecule has 0 rings (SSSR count). The Kier molecular flexibility index (Phi) is 8.22. The molecule has 0 bridgehead atoms. The van der Waals surface area contributed by atoms with Crippen LogP contribution in [0.15, 0.2) is 11.0 Å². The molecule has 0 aliphatic rings. The molecule has 0 radical (unpaired) electrons. The fourth-order valence-corrected chi connectivity index (χ4v) is 11.4. The molecule has 139 valence electrons. The van der Waals surface area contributed by atoms with E-state index in [-0.39, 0.29) is 23.3 Å². The maximum atomic E-state index is 6.68. The van der Waals surface area contributed by atoms with Crippen molar-refractivity contribution in [1.82, 2.24) is 7.60 Å². The molecule has 2 atom stereocenters. The van der Waals surface area contributed by atoms with E-state index in [0.717, 1.165) is 12.8 Å². The van der Waals surface area contributed by atoms with Crippen LogP contribution in [0.2, 0.25) is 0 Å². The summed E-state index contributed by atoms with van der Waals surface area (Å²) in [6.45, 7) is 25.5. The molecule has 0 aromatic heterocycles. The molecule has 0 amide bonds. The summed E-state index contributed by atoms with van der Waals surface area (Å²) in [5, 5.41) is 0. The third-order valence-corrected chi connectivity index (χ3v) is 11.3. The number of nitrogens with one attached hydrogen (secondary N) is 2. The molecule has 4 nitrogen and oxygen atoms in total. The molecule has 0 aliphatic carbocycles. The monoisotopic (exact) mass is 365 g/mol. The maximum absolute atomic E-state index is 6.68. The summed E-state index contributed by atoms with van der Waals surface area (Å²) in [5.74, 6) is 0. The first-order valence-corrected chi connectivity index (χ1v) is 12.7. The van der Waals surface area contributed by atoms with Gasteiger partial charge < -0.3 is 0 Å². The van der Waals surface area contributed by atoms with Crippen molar-refractivity contribution < 1.29 is 23.2 Å². The van der Waals surface area contributed by atoms with Crippen LogP contribution in [0.1, 0.15) is 82.1 Å². The van der Waals surface area contributed by atoms with Gasteiger partial charge in [-0.25, -0.2) is 0 Å². The minimum absolute atomic E-state index is 0.0822. The molecule has 0 heterocycles. The Morgan fingerprint density at radius 2 is 1.17 bits per heavy atom.